The van der Waals surface area contributed by atoms with Crippen LogP contribution in [0, 0.1) is 0 Å². The Morgan fingerprint density at radius 3 is 2.63 bits per heavy atom. The van der Waals surface area contributed by atoms with Crippen molar-refractivity contribution in [3.05, 3.63) is 41.6 Å². The van der Waals surface area contributed by atoms with Gasteiger partial charge < -0.3 is 24.2 Å². The van der Waals surface area contributed by atoms with E-state index in [-0.39, 0.29) is 11.9 Å². The minimum Gasteiger partial charge on any atom is -0.497 e. The van der Waals surface area contributed by atoms with Crippen molar-refractivity contribution in [2.45, 2.75) is 5.92 Å². The largest absolute Gasteiger partial charge is 0.497 e. The van der Waals surface area contributed by atoms with Gasteiger partial charge in [0.25, 0.3) is 0 Å². The fourth-order valence-corrected chi connectivity index (χ4v) is 3.44. The van der Waals surface area contributed by atoms with E-state index in [1.54, 1.807) is 48.7 Å². The van der Waals surface area contributed by atoms with Gasteiger partial charge in [0.2, 0.25) is 11.7 Å². The van der Waals surface area contributed by atoms with E-state index in [4.69, 9.17) is 14.0 Å². The van der Waals surface area contributed by atoms with Crippen LogP contribution in [0.3, 0.4) is 0 Å². The van der Waals surface area contributed by atoms with Crippen LogP contribution in [0.2, 0.25) is 0 Å². The number of hydrogen-bond acceptors (Lipinski definition) is 7. The van der Waals surface area contributed by atoms with Crippen LogP contribution in [0.1, 0.15) is 11.8 Å². The third-order valence-electron chi connectivity index (χ3n) is 4.30. The third-order valence-corrected chi connectivity index (χ3v) is 5.17. The predicted octanol–water partition coefficient (Wildman–Crippen LogP) is 3.45. The summed E-state index contributed by atoms with van der Waals surface area (Å²) in [6.45, 7) is 1.05. The lowest BCUT2D eigenvalue weighted by molar-refractivity contribution is 0.147. The zero-order valence-electron chi connectivity index (χ0n) is 14.8. The molecule has 0 radical (unpaired) electrons. The van der Waals surface area contributed by atoms with E-state index in [0.717, 1.165) is 4.88 Å². The molecule has 1 aromatic carbocycles. The normalized spacial score (nSPS) is 13.9. The van der Waals surface area contributed by atoms with Gasteiger partial charge in [-0.15, -0.1) is 11.3 Å². The number of nitrogens with zero attached hydrogens (tertiary/aromatic N) is 3. The van der Waals surface area contributed by atoms with E-state index >= 15 is 0 Å². The minimum atomic E-state index is -0.195. The lowest BCUT2D eigenvalue weighted by Crippen LogP contribution is -2.50. The van der Waals surface area contributed by atoms with Crippen LogP contribution in [0.5, 0.6) is 11.5 Å². The molecule has 0 spiro atoms. The van der Waals surface area contributed by atoms with Crippen LogP contribution >= 0.6 is 11.3 Å². The number of carbonyl (C=O) groups is 1. The highest BCUT2D eigenvalue weighted by molar-refractivity contribution is 7.13. The van der Waals surface area contributed by atoms with Crippen molar-refractivity contribution in [1.29, 1.82) is 0 Å². The SMILES string of the molecule is COc1cc(NC(=O)N2CC(c3nc(-c4cccs4)no3)C2)cc(OC)c1. The van der Waals surface area contributed by atoms with Crippen molar-refractivity contribution in [2.24, 2.45) is 0 Å². The lowest BCUT2D eigenvalue weighted by Gasteiger charge is -2.36. The van der Waals surface area contributed by atoms with E-state index in [9.17, 15) is 4.79 Å². The number of anilines is 1. The fourth-order valence-electron chi connectivity index (χ4n) is 2.79. The van der Waals surface area contributed by atoms with Crippen LogP contribution in [-0.2, 0) is 0 Å². The van der Waals surface area contributed by atoms with Gasteiger partial charge in [-0.2, -0.15) is 4.98 Å². The molecule has 2 amide bonds. The van der Waals surface area contributed by atoms with Gasteiger partial charge in [-0.3, -0.25) is 0 Å². The number of amides is 2. The number of carbonyl (C=O) groups excluding carboxylic acids is 1. The van der Waals surface area contributed by atoms with Crippen LogP contribution in [-0.4, -0.2) is 48.4 Å². The average Bonchev–Trinajstić information content (AvgIpc) is 3.31. The maximum Gasteiger partial charge on any atom is 0.321 e. The summed E-state index contributed by atoms with van der Waals surface area (Å²) < 4.78 is 15.8. The zero-order valence-corrected chi connectivity index (χ0v) is 15.7. The molecule has 1 saturated heterocycles. The number of likely N-dealkylation sites (tertiary alicyclic amines) is 1. The van der Waals surface area contributed by atoms with Crippen LogP contribution in [0.25, 0.3) is 10.7 Å². The summed E-state index contributed by atoms with van der Waals surface area (Å²) in [5.41, 5.74) is 0.609. The number of urea groups is 1. The summed E-state index contributed by atoms with van der Waals surface area (Å²) in [5, 5.41) is 8.84. The summed E-state index contributed by atoms with van der Waals surface area (Å²) in [6.07, 6.45) is 0. The molecule has 9 heteroatoms. The maximum absolute atomic E-state index is 12.4. The fraction of sp³-hybridized carbons (Fsp3) is 0.278. The number of hydrogen-bond donors (Lipinski definition) is 1. The van der Waals surface area contributed by atoms with Crippen molar-refractivity contribution in [2.75, 3.05) is 32.6 Å². The highest BCUT2D eigenvalue weighted by atomic mass is 32.1. The van der Waals surface area contributed by atoms with Gasteiger partial charge in [0, 0.05) is 37.0 Å². The Kier molecular flexibility index (Phi) is 4.68. The summed E-state index contributed by atoms with van der Waals surface area (Å²) in [6, 6.07) is 8.92. The summed E-state index contributed by atoms with van der Waals surface area (Å²) in [7, 11) is 3.13. The Hall–Kier alpha value is -3.07. The molecule has 140 valence electrons. The average molecular weight is 386 g/mol. The number of nitrogens with one attached hydrogen (secondary N) is 1. The molecule has 3 aromatic rings. The van der Waals surface area contributed by atoms with Gasteiger partial charge >= 0.3 is 6.03 Å². The lowest BCUT2D eigenvalue weighted by atomic mass is 10.0. The molecule has 0 aliphatic carbocycles. The van der Waals surface area contributed by atoms with Crippen molar-refractivity contribution < 1.29 is 18.8 Å². The first-order valence-corrected chi connectivity index (χ1v) is 9.20. The van der Waals surface area contributed by atoms with E-state index in [1.807, 2.05) is 17.5 Å². The van der Waals surface area contributed by atoms with Gasteiger partial charge in [-0.1, -0.05) is 11.2 Å². The first kappa shape index (κ1) is 17.3. The number of aromatic nitrogens is 2. The van der Waals surface area contributed by atoms with Crippen LogP contribution in [0.15, 0.2) is 40.2 Å². The molecule has 1 N–H and O–H groups in total. The molecular weight excluding hydrogens is 368 g/mol. The second-order valence-electron chi connectivity index (χ2n) is 6.07. The third kappa shape index (κ3) is 3.59. The van der Waals surface area contributed by atoms with Crippen molar-refractivity contribution >= 4 is 23.1 Å². The highest BCUT2D eigenvalue weighted by Gasteiger charge is 2.36. The number of benzene rings is 1. The monoisotopic (exact) mass is 386 g/mol. The molecule has 27 heavy (non-hydrogen) atoms. The predicted molar refractivity (Wildman–Crippen MR) is 100 cm³/mol. The molecule has 3 heterocycles. The number of ether oxygens (including phenoxy) is 2. The Bertz CT molecular complexity index is 913. The molecule has 1 fully saturated rings. The summed E-state index contributed by atoms with van der Waals surface area (Å²) in [4.78, 5) is 19.5. The summed E-state index contributed by atoms with van der Waals surface area (Å²) >= 11 is 1.56. The molecular formula is C18H18N4O4S. The standard InChI is InChI=1S/C18H18N4O4S/c1-24-13-6-12(7-14(8-13)25-2)19-18(23)22-9-11(10-22)17-20-16(21-26-17)15-4-3-5-27-15/h3-8,11H,9-10H2,1-2H3,(H,19,23). The molecule has 1 aliphatic heterocycles. The van der Waals surface area contributed by atoms with E-state index < -0.39 is 0 Å². The first-order valence-electron chi connectivity index (χ1n) is 8.32. The molecule has 8 nitrogen and oxygen atoms in total. The minimum absolute atomic E-state index is 0.0526. The molecule has 0 unspecified atom stereocenters. The molecule has 2 aromatic heterocycles. The van der Waals surface area contributed by atoms with Crippen molar-refractivity contribution in [3.8, 4) is 22.2 Å². The summed E-state index contributed by atoms with van der Waals surface area (Å²) in [5.74, 6) is 2.42. The molecule has 4 rings (SSSR count). The highest BCUT2D eigenvalue weighted by Crippen LogP contribution is 2.30. The van der Waals surface area contributed by atoms with E-state index in [2.05, 4.69) is 15.5 Å². The Morgan fingerprint density at radius 1 is 1.26 bits per heavy atom. The number of methoxy groups -OCH3 is 2. The van der Waals surface area contributed by atoms with Crippen molar-refractivity contribution in [1.82, 2.24) is 15.0 Å². The van der Waals surface area contributed by atoms with Crippen molar-refractivity contribution in [3.63, 3.8) is 0 Å². The second-order valence-corrected chi connectivity index (χ2v) is 7.01. The smallest absolute Gasteiger partial charge is 0.321 e. The van der Waals surface area contributed by atoms with Gasteiger partial charge in [0.15, 0.2) is 0 Å². The number of thiophene rings is 1. The first-order chi connectivity index (χ1) is 13.2. The van der Waals surface area contributed by atoms with Gasteiger partial charge in [0.1, 0.15) is 11.5 Å². The van der Waals surface area contributed by atoms with E-state index in [0.29, 0.717) is 42.0 Å². The molecule has 0 saturated carbocycles. The van der Waals surface area contributed by atoms with Gasteiger partial charge in [-0.25, -0.2) is 4.79 Å². The topological polar surface area (TPSA) is 89.7 Å². The van der Waals surface area contributed by atoms with E-state index in [1.165, 1.54) is 0 Å². The van der Waals surface area contributed by atoms with Gasteiger partial charge in [0.05, 0.1) is 25.0 Å². The Labute approximate surface area is 159 Å². The van der Waals surface area contributed by atoms with Crippen LogP contribution < -0.4 is 14.8 Å². The maximum atomic E-state index is 12.4. The second kappa shape index (κ2) is 7.28. The molecule has 0 atom stereocenters. The van der Waals surface area contributed by atoms with Crippen LogP contribution in [0.4, 0.5) is 10.5 Å². The molecule has 1 aliphatic rings. The Balaban J connectivity index is 1.36. The quantitative estimate of drug-likeness (QED) is 0.722. The van der Waals surface area contributed by atoms with Gasteiger partial charge in [-0.05, 0) is 11.4 Å². The number of rotatable bonds is 5. The molecule has 0 bridgehead atoms. The zero-order chi connectivity index (χ0) is 18.8. The Morgan fingerprint density at radius 2 is 2.00 bits per heavy atom.